The molecule has 4 nitrogen and oxygen atoms in total. The molecule has 1 N–H and O–H groups in total. The number of esters is 1. The van der Waals surface area contributed by atoms with E-state index in [9.17, 15) is 10.0 Å². The largest absolute Gasteiger partial charge is 0.456 e. The second kappa shape index (κ2) is 10.1. The number of oxime groups is 1. The molecule has 28 heavy (non-hydrogen) atoms. The number of nitrogens with zero attached hydrogens (tertiary/aromatic N) is 1. The van der Waals surface area contributed by atoms with E-state index < -0.39 is 5.97 Å². The van der Waals surface area contributed by atoms with E-state index in [0.717, 1.165) is 16.7 Å². The number of benzene rings is 3. The van der Waals surface area contributed by atoms with Crippen LogP contribution in [-0.4, -0.2) is 16.9 Å². The van der Waals surface area contributed by atoms with Gasteiger partial charge in [0.05, 0.1) is 0 Å². The number of hydrogen-bond acceptors (Lipinski definition) is 4. The second-order valence-electron chi connectivity index (χ2n) is 6.52. The maximum absolute atomic E-state index is 12.3. The number of carbonyl (C=O) groups excluding carboxylic acids is 1. The van der Waals surface area contributed by atoms with Crippen molar-refractivity contribution in [3.63, 3.8) is 0 Å². The normalized spacial score (nSPS) is 11.4. The molecule has 3 aromatic rings. The average Bonchev–Trinajstić information content (AvgIpc) is 2.77. The van der Waals surface area contributed by atoms with Crippen molar-refractivity contribution in [1.29, 1.82) is 0 Å². The van der Waals surface area contributed by atoms with E-state index in [1.807, 2.05) is 66.7 Å². The Balaban J connectivity index is 1.66. The summed E-state index contributed by atoms with van der Waals surface area (Å²) in [4.78, 5) is 12.3. The first-order valence-corrected chi connectivity index (χ1v) is 9.30. The highest BCUT2D eigenvalue weighted by atomic mass is 16.5. The molecule has 0 radical (unpaired) electrons. The van der Waals surface area contributed by atoms with E-state index in [-0.39, 0.29) is 18.2 Å². The molecule has 0 saturated heterocycles. The lowest BCUT2D eigenvalue weighted by Crippen LogP contribution is -2.19. The van der Waals surface area contributed by atoms with Crippen molar-refractivity contribution >= 4 is 11.7 Å². The molecule has 0 aromatic heterocycles. The van der Waals surface area contributed by atoms with E-state index in [4.69, 9.17) is 4.74 Å². The quantitative estimate of drug-likeness (QED) is 0.256. The van der Waals surface area contributed by atoms with Crippen LogP contribution in [0.2, 0.25) is 0 Å². The van der Waals surface area contributed by atoms with E-state index in [1.54, 1.807) is 0 Å². The van der Waals surface area contributed by atoms with Crippen LogP contribution in [0.1, 0.15) is 35.4 Å². The summed E-state index contributed by atoms with van der Waals surface area (Å²) < 4.78 is 5.30. The van der Waals surface area contributed by atoms with Crippen molar-refractivity contribution in [3.8, 4) is 0 Å². The SMILES string of the molecule is O=C(OCc1ccccc1)/C(CCC(c1ccccc1)c1ccccc1)=N/O. The molecule has 3 rings (SSSR count). The molecule has 4 heteroatoms. The number of ether oxygens (including phenoxy) is 1. The van der Waals surface area contributed by atoms with E-state index >= 15 is 0 Å². The summed E-state index contributed by atoms with van der Waals surface area (Å²) in [7, 11) is 0. The van der Waals surface area contributed by atoms with Crippen LogP contribution < -0.4 is 0 Å². The predicted octanol–water partition coefficient (Wildman–Crippen LogP) is 5.17. The monoisotopic (exact) mass is 373 g/mol. The molecule has 0 aliphatic carbocycles. The van der Waals surface area contributed by atoms with Crippen LogP contribution in [0.15, 0.2) is 96.2 Å². The highest BCUT2D eigenvalue weighted by molar-refractivity contribution is 6.36. The zero-order valence-electron chi connectivity index (χ0n) is 15.6. The summed E-state index contributed by atoms with van der Waals surface area (Å²) in [6.45, 7) is 0.152. The minimum absolute atomic E-state index is 0.0350. The zero-order valence-corrected chi connectivity index (χ0v) is 15.6. The molecule has 0 bridgehead atoms. The number of rotatable bonds is 8. The first kappa shape index (κ1) is 19.4. The van der Waals surface area contributed by atoms with Gasteiger partial charge in [-0.05, 0) is 23.1 Å². The van der Waals surface area contributed by atoms with Crippen LogP contribution in [0, 0.1) is 0 Å². The molecule has 142 valence electrons. The van der Waals surface area contributed by atoms with Crippen molar-refractivity contribution in [2.24, 2.45) is 5.16 Å². The van der Waals surface area contributed by atoms with Crippen LogP contribution in [0.3, 0.4) is 0 Å². The third kappa shape index (κ3) is 5.30. The van der Waals surface area contributed by atoms with Gasteiger partial charge in [0.1, 0.15) is 6.61 Å². The summed E-state index contributed by atoms with van der Waals surface area (Å²) in [6.07, 6.45) is 0.951. The molecular formula is C24H23NO3. The summed E-state index contributed by atoms with van der Waals surface area (Å²) >= 11 is 0. The Morgan fingerprint density at radius 3 is 1.82 bits per heavy atom. The van der Waals surface area contributed by atoms with Crippen LogP contribution in [0.25, 0.3) is 0 Å². The minimum atomic E-state index is -0.591. The van der Waals surface area contributed by atoms with E-state index in [2.05, 4.69) is 29.4 Å². The summed E-state index contributed by atoms with van der Waals surface area (Å²) in [6, 6.07) is 29.7. The van der Waals surface area contributed by atoms with Crippen molar-refractivity contribution in [1.82, 2.24) is 0 Å². The Morgan fingerprint density at radius 2 is 1.32 bits per heavy atom. The Labute approximate surface area is 165 Å². The molecular weight excluding hydrogens is 350 g/mol. The van der Waals surface area contributed by atoms with Gasteiger partial charge in [0.25, 0.3) is 0 Å². The lowest BCUT2D eigenvalue weighted by atomic mass is 9.87. The van der Waals surface area contributed by atoms with Gasteiger partial charge in [0.2, 0.25) is 0 Å². The van der Waals surface area contributed by atoms with Crippen molar-refractivity contribution in [3.05, 3.63) is 108 Å². The van der Waals surface area contributed by atoms with Gasteiger partial charge in [-0.25, -0.2) is 4.79 Å². The van der Waals surface area contributed by atoms with Crippen LogP contribution in [0.4, 0.5) is 0 Å². The van der Waals surface area contributed by atoms with E-state index in [1.165, 1.54) is 0 Å². The maximum Gasteiger partial charge on any atom is 0.356 e. The fourth-order valence-corrected chi connectivity index (χ4v) is 3.18. The van der Waals surface area contributed by atoms with Gasteiger partial charge >= 0.3 is 5.97 Å². The Hall–Kier alpha value is -3.40. The molecule has 0 saturated carbocycles. The molecule has 0 atom stereocenters. The molecule has 0 amide bonds. The second-order valence-corrected chi connectivity index (χ2v) is 6.52. The maximum atomic E-state index is 12.3. The Bertz CT molecular complexity index is 853. The standard InChI is InChI=1S/C24H23NO3/c26-24(28-18-19-10-4-1-5-11-19)23(25-27)17-16-22(20-12-6-2-7-13-20)21-14-8-3-9-15-21/h1-15,22,27H,16-18H2/b25-23+. The molecule has 0 fully saturated rings. The lowest BCUT2D eigenvalue weighted by Gasteiger charge is -2.18. The van der Waals surface area contributed by atoms with Gasteiger partial charge in [-0.2, -0.15) is 0 Å². The van der Waals surface area contributed by atoms with Crippen molar-refractivity contribution < 1.29 is 14.7 Å². The van der Waals surface area contributed by atoms with Crippen LogP contribution in [-0.2, 0) is 16.1 Å². The number of hydrogen-bond donors (Lipinski definition) is 1. The smallest absolute Gasteiger partial charge is 0.356 e. The van der Waals surface area contributed by atoms with Crippen LogP contribution in [0.5, 0.6) is 0 Å². The Kier molecular flexibility index (Phi) is 6.96. The highest BCUT2D eigenvalue weighted by Crippen LogP contribution is 2.29. The third-order valence-corrected chi connectivity index (χ3v) is 4.64. The van der Waals surface area contributed by atoms with Crippen molar-refractivity contribution in [2.45, 2.75) is 25.4 Å². The van der Waals surface area contributed by atoms with Gasteiger partial charge in [-0.15, -0.1) is 0 Å². The third-order valence-electron chi connectivity index (χ3n) is 4.64. The molecule has 0 spiro atoms. The highest BCUT2D eigenvalue weighted by Gasteiger charge is 2.19. The summed E-state index contributed by atoms with van der Waals surface area (Å²) in [5.74, 6) is -0.493. The van der Waals surface area contributed by atoms with Gasteiger partial charge in [0.15, 0.2) is 5.71 Å². The summed E-state index contributed by atoms with van der Waals surface area (Å²) in [5.41, 5.74) is 3.24. The van der Waals surface area contributed by atoms with Gasteiger partial charge in [0, 0.05) is 12.3 Å². The minimum Gasteiger partial charge on any atom is -0.456 e. The predicted molar refractivity (Wildman–Crippen MR) is 109 cm³/mol. The van der Waals surface area contributed by atoms with Gasteiger partial charge in [-0.3, -0.25) is 0 Å². The van der Waals surface area contributed by atoms with Crippen LogP contribution >= 0.6 is 0 Å². The van der Waals surface area contributed by atoms with E-state index in [0.29, 0.717) is 12.8 Å². The Morgan fingerprint density at radius 1 is 0.821 bits per heavy atom. The zero-order chi connectivity index (χ0) is 19.6. The molecule has 0 unspecified atom stereocenters. The first-order chi connectivity index (χ1) is 13.8. The summed E-state index contributed by atoms with van der Waals surface area (Å²) in [5, 5.41) is 12.5. The molecule has 0 aliphatic heterocycles. The molecule has 0 heterocycles. The van der Waals surface area contributed by atoms with Gasteiger partial charge in [-0.1, -0.05) is 96.2 Å². The molecule has 0 aliphatic rings. The first-order valence-electron chi connectivity index (χ1n) is 9.30. The fraction of sp³-hybridized carbons (Fsp3) is 0.167. The fourth-order valence-electron chi connectivity index (χ4n) is 3.18. The van der Waals surface area contributed by atoms with Gasteiger partial charge < -0.3 is 9.94 Å². The van der Waals surface area contributed by atoms with Crippen molar-refractivity contribution in [2.75, 3.05) is 0 Å². The topological polar surface area (TPSA) is 58.9 Å². The average molecular weight is 373 g/mol. The number of carbonyl (C=O) groups is 1. The molecule has 3 aromatic carbocycles. The lowest BCUT2D eigenvalue weighted by molar-refractivity contribution is -0.137.